The minimum atomic E-state index is -3.11. The van der Waals surface area contributed by atoms with Gasteiger partial charge in [0.1, 0.15) is 6.10 Å². The van der Waals surface area contributed by atoms with Crippen LogP contribution in [0.2, 0.25) is 0 Å². The van der Waals surface area contributed by atoms with E-state index in [9.17, 15) is 18.0 Å². The summed E-state index contributed by atoms with van der Waals surface area (Å²) in [5.74, 6) is -0.398. The lowest BCUT2D eigenvalue weighted by Crippen LogP contribution is -2.33. The first-order chi connectivity index (χ1) is 11.9. The molecule has 0 saturated heterocycles. The standard InChI is InChI=1S/C17H24N2O5S/c1-2-25(22,23)12-11-18-17(21)19-14-9-7-13(8-10-14)16(20)24-15-5-3-4-6-15/h7-10,15H,2-6,11-12H2,1H3,(H2,18,19,21). The molecule has 0 bridgehead atoms. The van der Waals surface area contributed by atoms with E-state index in [1.165, 1.54) is 0 Å². The number of nitrogens with one attached hydrogen (secondary N) is 2. The van der Waals surface area contributed by atoms with Gasteiger partial charge < -0.3 is 15.4 Å². The third kappa shape index (κ3) is 6.38. The van der Waals surface area contributed by atoms with Crippen molar-refractivity contribution in [3.63, 3.8) is 0 Å². The lowest BCUT2D eigenvalue weighted by molar-refractivity contribution is 0.0318. The molecule has 25 heavy (non-hydrogen) atoms. The average molecular weight is 368 g/mol. The van der Waals surface area contributed by atoms with Crippen LogP contribution in [0.15, 0.2) is 24.3 Å². The van der Waals surface area contributed by atoms with Gasteiger partial charge in [0.05, 0.1) is 11.3 Å². The molecule has 1 aliphatic rings. The first-order valence-electron chi connectivity index (χ1n) is 8.46. The van der Waals surface area contributed by atoms with Crippen molar-refractivity contribution in [1.29, 1.82) is 0 Å². The summed E-state index contributed by atoms with van der Waals surface area (Å²) in [7, 11) is -3.11. The van der Waals surface area contributed by atoms with E-state index >= 15 is 0 Å². The van der Waals surface area contributed by atoms with Crippen molar-refractivity contribution in [3.05, 3.63) is 29.8 Å². The highest BCUT2D eigenvalue weighted by atomic mass is 32.2. The fraction of sp³-hybridized carbons (Fsp3) is 0.529. The van der Waals surface area contributed by atoms with E-state index < -0.39 is 15.9 Å². The number of anilines is 1. The number of benzene rings is 1. The van der Waals surface area contributed by atoms with Gasteiger partial charge in [0.2, 0.25) is 0 Å². The smallest absolute Gasteiger partial charge is 0.338 e. The molecule has 138 valence electrons. The summed E-state index contributed by atoms with van der Waals surface area (Å²) in [6.45, 7) is 1.61. The maximum atomic E-state index is 12.0. The van der Waals surface area contributed by atoms with E-state index in [-0.39, 0.29) is 30.1 Å². The fourth-order valence-corrected chi connectivity index (χ4v) is 3.26. The first kappa shape index (κ1) is 19.2. The zero-order chi connectivity index (χ0) is 18.3. The van der Waals surface area contributed by atoms with E-state index in [1.54, 1.807) is 31.2 Å². The predicted molar refractivity (Wildman–Crippen MR) is 95.5 cm³/mol. The summed E-state index contributed by atoms with van der Waals surface area (Å²) in [5, 5.41) is 5.07. The van der Waals surface area contributed by atoms with Gasteiger partial charge in [-0.25, -0.2) is 18.0 Å². The summed E-state index contributed by atoms with van der Waals surface area (Å²) in [4.78, 5) is 23.7. The molecular weight excluding hydrogens is 344 g/mol. The van der Waals surface area contributed by atoms with Crippen molar-refractivity contribution in [2.75, 3.05) is 23.4 Å². The van der Waals surface area contributed by atoms with Crippen LogP contribution in [0.4, 0.5) is 10.5 Å². The highest BCUT2D eigenvalue weighted by Crippen LogP contribution is 2.22. The van der Waals surface area contributed by atoms with Crippen LogP contribution in [0.5, 0.6) is 0 Å². The summed E-state index contributed by atoms with van der Waals surface area (Å²) in [5.41, 5.74) is 0.945. The number of rotatable bonds is 7. The van der Waals surface area contributed by atoms with Gasteiger partial charge in [-0.2, -0.15) is 0 Å². The summed E-state index contributed by atoms with van der Waals surface area (Å²) < 4.78 is 28.1. The van der Waals surface area contributed by atoms with Crippen LogP contribution in [0, 0.1) is 0 Å². The normalized spacial score (nSPS) is 14.9. The molecule has 1 fully saturated rings. The van der Waals surface area contributed by atoms with E-state index in [4.69, 9.17) is 4.74 Å². The summed E-state index contributed by atoms with van der Waals surface area (Å²) >= 11 is 0. The van der Waals surface area contributed by atoms with Gasteiger partial charge in [-0.3, -0.25) is 0 Å². The Hall–Kier alpha value is -2.09. The number of amides is 2. The second-order valence-electron chi connectivity index (χ2n) is 6.01. The minimum absolute atomic E-state index is 0.00970. The molecule has 1 aromatic rings. The average Bonchev–Trinajstić information content (AvgIpc) is 3.08. The van der Waals surface area contributed by atoms with Gasteiger partial charge in [-0.1, -0.05) is 6.92 Å². The van der Waals surface area contributed by atoms with Crippen molar-refractivity contribution in [1.82, 2.24) is 5.32 Å². The lowest BCUT2D eigenvalue weighted by atomic mass is 10.2. The van der Waals surface area contributed by atoms with Gasteiger partial charge in [0, 0.05) is 18.0 Å². The third-order valence-electron chi connectivity index (χ3n) is 4.09. The molecule has 1 saturated carbocycles. The van der Waals surface area contributed by atoms with E-state index in [0.717, 1.165) is 25.7 Å². The second-order valence-corrected chi connectivity index (χ2v) is 8.48. The largest absolute Gasteiger partial charge is 0.459 e. The van der Waals surface area contributed by atoms with E-state index in [0.29, 0.717) is 11.3 Å². The number of hydrogen-bond donors (Lipinski definition) is 2. The Morgan fingerprint density at radius 1 is 1.16 bits per heavy atom. The van der Waals surface area contributed by atoms with Crippen molar-refractivity contribution < 1.29 is 22.7 Å². The van der Waals surface area contributed by atoms with Crippen molar-refractivity contribution >= 4 is 27.5 Å². The van der Waals surface area contributed by atoms with Gasteiger partial charge in [-0.15, -0.1) is 0 Å². The molecule has 1 aromatic carbocycles. The maximum Gasteiger partial charge on any atom is 0.338 e. The zero-order valence-electron chi connectivity index (χ0n) is 14.3. The summed E-state index contributed by atoms with van der Waals surface area (Å²) in [6, 6.07) is 5.90. The maximum absolute atomic E-state index is 12.0. The quantitative estimate of drug-likeness (QED) is 0.719. The molecule has 0 aliphatic heterocycles. The molecule has 0 aromatic heterocycles. The third-order valence-corrected chi connectivity index (χ3v) is 5.80. The molecule has 0 radical (unpaired) electrons. The molecule has 0 unspecified atom stereocenters. The molecule has 2 amide bonds. The number of urea groups is 1. The molecule has 1 aliphatic carbocycles. The van der Waals surface area contributed by atoms with Gasteiger partial charge in [0.25, 0.3) is 0 Å². The Morgan fingerprint density at radius 2 is 1.80 bits per heavy atom. The zero-order valence-corrected chi connectivity index (χ0v) is 15.1. The Kier molecular flexibility index (Phi) is 6.81. The number of sulfone groups is 1. The molecular formula is C17H24N2O5S. The Morgan fingerprint density at radius 3 is 2.40 bits per heavy atom. The van der Waals surface area contributed by atoms with Crippen LogP contribution in [0.25, 0.3) is 0 Å². The van der Waals surface area contributed by atoms with Gasteiger partial charge >= 0.3 is 12.0 Å². The van der Waals surface area contributed by atoms with Crippen molar-refractivity contribution in [3.8, 4) is 0 Å². The van der Waals surface area contributed by atoms with E-state index in [1.807, 2.05) is 0 Å². The Bertz CT molecular complexity index is 694. The van der Waals surface area contributed by atoms with Crippen LogP contribution in [0.1, 0.15) is 43.0 Å². The minimum Gasteiger partial charge on any atom is -0.459 e. The lowest BCUT2D eigenvalue weighted by Gasteiger charge is -2.12. The summed E-state index contributed by atoms with van der Waals surface area (Å²) in [6.07, 6.45) is 4.03. The molecule has 2 N–H and O–H groups in total. The number of esters is 1. The number of carbonyl (C=O) groups is 2. The first-order valence-corrected chi connectivity index (χ1v) is 10.3. The highest BCUT2D eigenvalue weighted by molar-refractivity contribution is 7.91. The monoisotopic (exact) mass is 368 g/mol. The van der Waals surface area contributed by atoms with Crippen LogP contribution in [-0.4, -0.2) is 44.6 Å². The predicted octanol–water partition coefficient (Wildman–Crippen LogP) is 2.34. The molecule has 0 spiro atoms. The van der Waals surface area contributed by atoms with E-state index in [2.05, 4.69) is 10.6 Å². The number of carbonyl (C=O) groups excluding carboxylic acids is 2. The van der Waals surface area contributed by atoms with Crippen LogP contribution in [-0.2, 0) is 14.6 Å². The highest BCUT2D eigenvalue weighted by Gasteiger charge is 2.20. The molecule has 2 rings (SSSR count). The fourth-order valence-electron chi connectivity index (χ4n) is 2.55. The molecule has 0 atom stereocenters. The number of ether oxygens (including phenoxy) is 1. The molecule has 8 heteroatoms. The van der Waals surface area contributed by atoms with Crippen LogP contribution in [0.3, 0.4) is 0 Å². The van der Waals surface area contributed by atoms with Crippen LogP contribution >= 0.6 is 0 Å². The molecule has 7 nitrogen and oxygen atoms in total. The van der Waals surface area contributed by atoms with Gasteiger partial charge in [0.15, 0.2) is 9.84 Å². The Labute approximate surface area is 148 Å². The van der Waals surface area contributed by atoms with Crippen LogP contribution < -0.4 is 10.6 Å². The second kappa shape index (κ2) is 8.84. The van der Waals surface area contributed by atoms with Gasteiger partial charge in [-0.05, 0) is 49.9 Å². The molecule has 0 heterocycles. The number of hydrogen-bond acceptors (Lipinski definition) is 5. The van der Waals surface area contributed by atoms with Crippen molar-refractivity contribution in [2.24, 2.45) is 0 Å². The Balaban J connectivity index is 1.79. The SMILES string of the molecule is CCS(=O)(=O)CCNC(=O)Nc1ccc(C(=O)OC2CCCC2)cc1. The topological polar surface area (TPSA) is 102 Å². The van der Waals surface area contributed by atoms with Crippen molar-refractivity contribution in [2.45, 2.75) is 38.7 Å².